The van der Waals surface area contributed by atoms with Gasteiger partial charge in [0.05, 0.1) is 17.1 Å². The Morgan fingerprint density at radius 2 is 2.17 bits per heavy atom. The Morgan fingerprint density at radius 1 is 1.38 bits per heavy atom. The van der Waals surface area contributed by atoms with Crippen LogP contribution < -0.4 is 10.9 Å². The zero-order chi connectivity index (χ0) is 16.7. The molecule has 2 aromatic heterocycles. The molecule has 122 valence electrons. The summed E-state index contributed by atoms with van der Waals surface area (Å²) < 4.78 is 1.89. The number of fused-ring (bicyclic) bond motifs is 1. The Hall–Kier alpha value is -2.96. The molecule has 1 aliphatic rings. The number of H-pyrrole nitrogens is 1. The van der Waals surface area contributed by atoms with Crippen LogP contribution in [0.4, 0.5) is 0 Å². The van der Waals surface area contributed by atoms with Crippen molar-refractivity contribution < 1.29 is 4.79 Å². The Morgan fingerprint density at radius 3 is 2.88 bits per heavy atom. The molecule has 0 saturated heterocycles. The fourth-order valence-corrected chi connectivity index (χ4v) is 2.89. The summed E-state index contributed by atoms with van der Waals surface area (Å²) in [4.78, 5) is 36.1. The normalized spacial score (nSPS) is 15.4. The molecule has 0 radical (unpaired) electrons. The van der Waals surface area contributed by atoms with E-state index in [1.54, 1.807) is 18.3 Å². The number of nitrogens with one attached hydrogen (secondary N) is 2. The molecule has 0 unspecified atom stereocenters. The number of amides is 1. The molecule has 0 aliphatic heterocycles. The third-order valence-corrected chi connectivity index (χ3v) is 4.33. The highest BCUT2D eigenvalue weighted by atomic mass is 16.2. The number of aryl methyl sites for hydroxylation is 1. The maximum absolute atomic E-state index is 12.6. The van der Waals surface area contributed by atoms with Crippen LogP contribution in [0, 0.1) is 5.92 Å². The molecule has 7 nitrogen and oxygen atoms in total. The number of hydrogen-bond donors (Lipinski definition) is 2. The van der Waals surface area contributed by atoms with E-state index in [9.17, 15) is 9.59 Å². The molecule has 1 aromatic carbocycles. The van der Waals surface area contributed by atoms with Gasteiger partial charge in [0.2, 0.25) is 0 Å². The summed E-state index contributed by atoms with van der Waals surface area (Å²) in [6.45, 7) is 0. The Bertz CT molecular complexity index is 970. The lowest BCUT2D eigenvalue weighted by molar-refractivity contribution is 0.0922. The molecule has 2 N–H and O–H groups in total. The van der Waals surface area contributed by atoms with Gasteiger partial charge >= 0.3 is 0 Å². The van der Waals surface area contributed by atoms with Crippen molar-refractivity contribution in [3.8, 4) is 0 Å². The molecule has 7 heteroatoms. The number of hydrogen-bond acceptors (Lipinski definition) is 4. The van der Waals surface area contributed by atoms with Crippen molar-refractivity contribution in [2.24, 2.45) is 13.0 Å². The molecule has 24 heavy (non-hydrogen) atoms. The van der Waals surface area contributed by atoms with Crippen LogP contribution in [0.25, 0.3) is 11.0 Å². The van der Waals surface area contributed by atoms with Crippen molar-refractivity contribution >= 4 is 16.9 Å². The van der Waals surface area contributed by atoms with Gasteiger partial charge < -0.3 is 14.9 Å². The summed E-state index contributed by atoms with van der Waals surface area (Å²) in [6.07, 6.45) is 5.63. The largest absolute Gasteiger partial charge is 0.340 e. The van der Waals surface area contributed by atoms with Crippen LogP contribution in [0.15, 0.2) is 41.5 Å². The molecule has 3 aromatic rings. The molecule has 2 heterocycles. The van der Waals surface area contributed by atoms with Gasteiger partial charge in [0, 0.05) is 19.4 Å². The van der Waals surface area contributed by atoms with Crippen LogP contribution in [-0.2, 0) is 7.05 Å². The summed E-state index contributed by atoms with van der Waals surface area (Å²) in [6, 6.07) is 6.94. The van der Waals surface area contributed by atoms with Crippen LogP contribution in [0.1, 0.15) is 35.2 Å². The Labute approximate surface area is 137 Å². The van der Waals surface area contributed by atoms with E-state index < -0.39 is 11.5 Å². The van der Waals surface area contributed by atoms with Crippen LogP contribution in [0.3, 0.4) is 0 Å². The van der Waals surface area contributed by atoms with Gasteiger partial charge in [0.1, 0.15) is 5.82 Å². The first-order chi connectivity index (χ1) is 11.6. The van der Waals surface area contributed by atoms with E-state index in [0.29, 0.717) is 17.0 Å². The lowest BCUT2D eigenvalue weighted by Gasteiger charge is -2.17. The highest BCUT2D eigenvalue weighted by molar-refractivity contribution is 5.93. The fourth-order valence-electron chi connectivity index (χ4n) is 2.89. The molecular formula is C17H17N5O2. The summed E-state index contributed by atoms with van der Waals surface area (Å²) in [5.74, 6) is 0.680. The third kappa shape index (κ3) is 2.58. The van der Waals surface area contributed by atoms with Gasteiger partial charge in [0.25, 0.3) is 11.5 Å². The predicted molar refractivity (Wildman–Crippen MR) is 88.5 cm³/mol. The highest BCUT2D eigenvalue weighted by Crippen LogP contribution is 2.40. The molecular weight excluding hydrogens is 306 g/mol. The average Bonchev–Trinajstić information content (AvgIpc) is 3.33. The molecule has 1 atom stereocenters. The van der Waals surface area contributed by atoms with Gasteiger partial charge in [-0.1, -0.05) is 12.1 Å². The number of aromatic nitrogens is 4. The smallest absolute Gasteiger partial charge is 0.280 e. The number of benzene rings is 1. The topological polar surface area (TPSA) is 92.7 Å². The van der Waals surface area contributed by atoms with Gasteiger partial charge in [-0.05, 0) is 30.9 Å². The van der Waals surface area contributed by atoms with Crippen molar-refractivity contribution in [1.29, 1.82) is 0 Å². The Balaban J connectivity index is 1.67. The van der Waals surface area contributed by atoms with Crippen LogP contribution >= 0.6 is 0 Å². The van der Waals surface area contributed by atoms with Crippen molar-refractivity contribution in [2.45, 2.75) is 18.9 Å². The summed E-state index contributed by atoms with van der Waals surface area (Å²) in [5, 5.41) is 2.94. The molecule has 1 fully saturated rings. The SMILES string of the molecule is Cn1ccnc1[C@@H](NC(=O)c1nc2ccccc2[nH]c1=O)C1CC1. The number of aromatic amines is 1. The number of carbonyl (C=O) groups excluding carboxylic acids is 1. The van der Waals surface area contributed by atoms with Crippen molar-refractivity contribution in [2.75, 3.05) is 0 Å². The number of carbonyl (C=O) groups is 1. The molecule has 0 bridgehead atoms. The van der Waals surface area contributed by atoms with E-state index >= 15 is 0 Å². The summed E-state index contributed by atoms with van der Waals surface area (Å²) in [7, 11) is 1.89. The predicted octanol–water partition coefficient (Wildman–Crippen LogP) is 1.54. The minimum Gasteiger partial charge on any atom is -0.340 e. The second kappa shape index (κ2) is 5.59. The fraction of sp³-hybridized carbons (Fsp3) is 0.294. The first kappa shape index (κ1) is 14.6. The lowest BCUT2D eigenvalue weighted by Crippen LogP contribution is -2.35. The molecule has 1 amide bonds. The standard InChI is InChI=1S/C17H17N5O2/c1-22-9-8-18-15(22)13(10-6-7-10)21-17(24)14-16(23)20-12-5-3-2-4-11(12)19-14/h2-5,8-10,13H,6-7H2,1H3,(H,20,23)(H,21,24)/t13-/m0/s1. The van der Waals surface area contributed by atoms with Gasteiger partial charge in [-0.3, -0.25) is 9.59 Å². The number of para-hydroxylation sites is 2. The Kier molecular flexibility index (Phi) is 3.41. The minimum atomic E-state index is -0.486. The molecule has 1 saturated carbocycles. The van der Waals surface area contributed by atoms with E-state index in [4.69, 9.17) is 0 Å². The number of nitrogens with zero attached hydrogens (tertiary/aromatic N) is 3. The van der Waals surface area contributed by atoms with Crippen molar-refractivity contribution in [3.63, 3.8) is 0 Å². The molecule has 0 spiro atoms. The second-order valence-electron chi connectivity index (χ2n) is 6.12. The van der Waals surface area contributed by atoms with Gasteiger partial charge in [-0.2, -0.15) is 0 Å². The van der Waals surface area contributed by atoms with Crippen molar-refractivity contribution in [1.82, 2.24) is 24.8 Å². The average molecular weight is 323 g/mol. The van der Waals surface area contributed by atoms with E-state index in [1.807, 2.05) is 29.9 Å². The monoisotopic (exact) mass is 323 g/mol. The van der Waals surface area contributed by atoms with E-state index in [-0.39, 0.29) is 11.7 Å². The van der Waals surface area contributed by atoms with E-state index in [1.165, 1.54) is 0 Å². The quantitative estimate of drug-likeness (QED) is 0.761. The van der Waals surface area contributed by atoms with E-state index in [2.05, 4.69) is 20.3 Å². The van der Waals surface area contributed by atoms with Crippen LogP contribution in [0.5, 0.6) is 0 Å². The maximum atomic E-state index is 12.6. The van der Waals surface area contributed by atoms with Crippen molar-refractivity contribution in [3.05, 3.63) is 58.5 Å². The second-order valence-corrected chi connectivity index (χ2v) is 6.12. The molecule has 4 rings (SSSR count). The summed E-state index contributed by atoms with van der Waals surface area (Å²) >= 11 is 0. The zero-order valence-electron chi connectivity index (χ0n) is 13.2. The third-order valence-electron chi connectivity index (χ3n) is 4.33. The van der Waals surface area contributed by atoms with Gasteiger partial charge in [-0.25, -0.2) is 9.97 Å². The summed E-state index contributed by atoms with van der Waals surface area (Å²) in [5.41, 5.74) is 0.596. The van der Waals surface area contributed by atoms with Gasteiger partial charge in [0.15, 0.2) is 5.69 Å². The highest BCUT2D eigenvalue weighted by Gasteiger charge is 2.36. The zero-order valence-corrected chi connectivity index (χ0v) is 13.2. The molecule has 1 aliphatic carbocycles. The van der Waals surface area contributed by atoms with E-state index in [0.717, 1.165) is 18.7 Å². The lowest BCUT2D eigenvalue weighted by atomic mass is 10.1. The van der Waals surface area contributed by atoms with Gasteiger partial charge in [-0.15, -0.1) is 0 Å². The van der Waals surface area contributed by atoms with Crippen LogP contribution in [-0.4, -0.2) is 25.4 Å². The minimum absolute atomic E-state index is 0.117. The van der Waals surface area contributed by atoms with Crippen LogP contribution in [0.2, 0.25) is 0 Å². The first-order valence-corrected chi connectivity index (χ1v) is 7.90. The number of rotatable bonds is 4. The number of imidazole rings is 1. The first-order valence-electron chi connectivity index (χ1n) is 7.90. The maximum Gasteiger partial charge on any atom is 0.280 e.